The van der Waals surface area contributed by atoms with Crippen LogP contribution < -0.4 is 10.3 Å². The first-order valence-corrected chi connectivity index (χ1v) is 6.86. The highest BCUT2D eigenvalue weighted by molar-refractivity contribution is 6.01. The first kappa shape index (κ1) is 13.9. The Morgan fingerprint density at radius 1 is 1.09 bits per heavy atom. The number of hydrogen-bond acceptors (Lipinski definition) is 3. The lowest BCUT2D eigenvalue weighted by Gasteiger charge is -2.12. The molecule has 1 N–H and O–H groups in total. The number of hydrogen-bond donors (Lipinski definition) is 1. The van der Waals surface area contributed by atoms with E-state index in [1.807, 2.05) is 48.5 Å². The summed E-state index contributed by atoms with van der Waals surface area (Å²) in [5, 5.41) is 11.2. The van der Waals surface area contributed by atoms with Crippen LogP contribution in [0.2, 0.25) is 0 Å². The van der Waals surface area contributed by atoms with Gasteiger partial charge in [-0.05, 0) is 30.0 Å². The van der Waals surface area contributed by atoms with Gasteiger partial charge >= 0.3 is 0 Å². The normalized spacial score (nSPS) is 10.4. The molecule has 0 aliphatic rings. The number of nitrogens with one attached hydrogen (secondary N) is 1. The molecule has 0 spiro atoms. The molecule has 4 heteroatoms. The van der Waals surface area contributed by atoms with Crippen molar-refractivity contribution in [3.8, 4) is 22.9 Å². The number of nitriles is 1. The fourth-order valence-electron chi connectivity index (χ4n) is 2.70. The number of nitrogens with zero attached hydrogens (tertiary/aromatic N) is 1. The summed E-state index contributed by atoms with van der Waals surface area (Å²) in [6.45, 7) is 1.80. The van der Waals surface area contributed by atoms with Crippen LogP contribution in [0.4, 0.5) is 0 Å². The lowest BCUT2D eigenvalue weighted by Crippen LogP contribution is -2.12. The van der Waals surface area contributed by atoms with Gasteiger partial charge in [0.1, 0.15) is 17.4 Å². The van der Waals surface area contributed by atoms with Crippen molar-refractivity contribution in [3.05, 3.63) is 64.1 Å². The van der Waals surface area contributed by atoms with E-state index in [2.05, 4.69) is 4.98 Å². The van der Waals surface area contributed by atoms with Crippen LogP contribution in [-0.2, 0) is 0 Å². The van der Waals surface area contributed by atoms with Crippen LogP contribution in [0.25, 0.3) is 21.9 Å². The molecule has 3 aromatic rings. The van der Waals surface area contributed by atoms with Crippen molar-refractivity contribution in [2.75, 3.05) is 7.11 Å². The van der Waals surface area contributed by atoms with Gasteiger partial charge in [-0.15, -0.1) is 0 Å². The Labute approximate surface area is 127 Å². The zero-order chi connectivity index (χ0) is 15.7. The Morgan fingerprint density at radius 3 is 2.50 bits per heavy atom. The smallest absolute Gasteiger partial charge is 0.266 e. The van der Waals surface area contributed by atoms with Crippen LogP contribution in [0, 0.1) is 18.3 Å². The fourth-order valence-corrected chi connectivity index (χ4v) is 2.70. The maximum Gasteiger partial charge on any atom is 0.266 e. The molecular weight excluding hydrogens is 276 g/mol. The zero-order valence-electron chi connectivity index (χ0n) is 12.3. The number of methoxy groups -OCH3 is 1. The zero-order valence-corrected chi connectivity index (χ0v) is 12.3. The van der Waals surface area contributed by atoms with Crippen molar-refractivity contribution >= 4 is 10.8 Å². The standard InChI is InChI=1S/C18H14N2O2/c1-11-9-15(16(10-19)18(21)20-11)13-7-8-17(22-2)14-6-4-3-5-12(13)14/h3-9H,1-2H3,(H,20,21). The molecule has 2 aromatic carbocycles. The lowest BCUT2D eigenvalue weighted by atomic mass is 9.95. The van der Waals surface area contributed by atoms with E-state index in [0.29, 0.717) is 5.56 Å². The van der Waals surface area contributed by atoms with Gasteiger partial charge in [0.15, 0.2) is 0 Å². The van der Waals surface area contributed by atoms with E-state index in [0.717, 1.165) is 27.8 Å². The molecular formula is C18H14N2O2. The minimum atomic E-state index is -0.364. The molecule has 0 saturated carbocycles. The van der Waals surface area contributed by atoms with Crippen molar-refractivity contribution in [2.45, 2.75) is 6.92 Å². The summed E-state index contributed by atoms with van der Waals surface area (Å²) < 4.78 is 5.39. The van der Waals surface area contributed by atoms with Crippen LogP contribution in [0.15, 0.2) is 47.3 Å². The Morgan fingerprint density at radius 2 is 1.82 bits per heavy atom. The first-order chi connectivity index (χ1) is 10.7. The van der Waals surface area contributed by atoms with Gasteiger partial charge in [0.2, 0.25) is 0 Å². The minimum Gasteiger partial charge on any atom is -0.496 e. The molecule has 108 valence electrons. The van der Waals surface area contributed by atoms with Crippen LogP contribution in [0.1, 0.15) is 11.3 Å². The predicted molar refractivity (Wildman–Crippen MR) is 86.0 cm³/mol. The number of aromatic amines is 1. The van der Waals surface area contributed by atoms with E-state index >= 15 is 0 Å². The highest BCUT2D eigenvalue weighted by atomic mass is 16.5. The summed E-state index contributed by atoms with van der Waals surface area (Å²) >= 11 is 0. The molecule has 0 saturated heterocycles. The number of aromatic nitrogens is 1. The first-order valence-electron chi connectivity index (χ1n) is 6.86. The third-order valence-electron chi connectivity index (χ3n) is 3.67. The number of ether oxygens (including phenoxy) is 1. The monoisotopic (exact) mass is 290 g/mol. The van der Waals surface area contributed by atoms with E-state index in [9.17, 15) is 10.1 Å². The van der Waals surface area contributed by atoms with Gasteiger partial charge in [-0.1, -0.05) is 30.3 Å². The Bertz CT molecular complexity index is 965. The highest BCUT2D eigenvalue weighted by Gasteiger charge is 2.14. The van der Waals surface area contributed by atoms with Gasteiger partial charge in [0.25, 0.3) is 5.56 Å². The summed E-state index contributed by atoms with van der Waals surface area (Å²) in [5.74, 6) is 0.763. The van der Waals surface area contributed by atoms with Crippen LogP contribution >= 0.6 is 0 Å². The minimum absolute atomic E-state index is 0.126. The predicted octanol–water partition coefficient (Wildman–Crippen LogP) is 3.38. The Hall–Kier alpha value is -3.06. The molecule has 0 aliphatic heterocycles. The Kier molecular flexibility index (Phi) is 3.40. The van der Waals surface area contributed by atoms with Crippen molar-refractivity contribution in [2.24, 2.45) is 0 Å². The molecule has 0 bridgehead atoms. The van der Waals surface area contributed by atoms with Gasteiger partial charge in [-0.3, -0.25) is 4.79 Å². The van der Waals surface area contributed by atoms with Gasteiger partial charge in [-0.25, -0.2) is 0 Å². The summed E-state index contributed by atoms with van der Waals surface area (Å²) in [6, 6.07) is 15.4. The Balaban J connectivity index is 2.43. The maximum atomic E-state index is 12.0. The average molecular weight is 290 g/mol. The molecule has 0 atom stereocenters. The number of rotatable bonds is 2. The van der Waals surface area contributed by atoms with Gasteiger partial charge in [0, 0.05) is 16.6 Å². The summed E-state index contributed by atoms with van der Waals surface area (Å²) in [5.41, 5.74) is 1.97. The van der Waals surface area contributed by atoms with Crippen molar-refractivity contribution in [1.82, 2.24) is 4.98 Å². The number of H-pyrrole nitrogens is 1. The van der Waals surface area contributed by atoms with Crippen molar-refractivity contribution in [3.63, 3.8) is 0 Å². The molecule has 0 amide bonds. The molecule has 22 heavy (non-hydrogen) atoms. The highest BCUT2D eigenvalue weighted by Crippen LogP contribution is 2.35. The van der Waals surface area contributed by atoms with Crippen LogP contribution in [0.3, 0.4) is 0 Å². The van der Waals surface area contributed by atoms with Crippen molar-refractivity contribution < 1.29 is 4.74 Å². The topological polar surface area (TPSA) is 65.9 Å². The number of aryl methyl sites for hydroxylation is 1. The quantitative estimate of drug-likeness (QED) is 0.786. The van der Waals surface area contributed by atoms with E-state index < -0.39 is 0 Å². The largest absolute Gasteiger partial charge is 0.496 e. The van der Waals surface area contributed by atoms with E-state index in [1.165, 1.54) is 0 Å². The van der Waals surface area contributed by atoms with Crippen LogP contribution in [0.5, 0.6) is 5.75 Å². The summed E-state index contributed by atoms with van der Waals surface area (Å²) in [7, 11) is 1.62. The average Bonchev–Trinajstić information content (AvgIpc) is 2.53. The molecule has 3 rings (SSSR count). The molecule has 0 radical (unpaired) electrons. The molecule has 0 aliphatic carbocycles. The van der Waals surface area contributed by atoms with E-state index in [-0.39, 0.29) is 11.1 Å². The third-order valence-corrected chi connectivity index (χ3v) is 3.67. The SMILES string of the molecule is COc1ccc(-c2cc(C)[nH]c(=O)c2C#N)c2ccccc12. The van der Waals surface area contributed by atoms with Gasteiger partial charge in [0.05, 0.1) is 7.11 Å². The summed E-state index contributed by atoms with van der Waals surface area (Å²) in [4.78, 5) is 14.7. The van der Waals surface area contributed by atoms with E-state index in [4.69, 9.17) is 4.74 Å². The summed E-state index contributed by atoms with van der Waals surface area (Å²) in [6.07, 6.45) is 0. The molecule has 1 aromatic heterocycles. The molecule has 1 heterocycles. The van der Waals surface area contributed by atoms with Gasteiger partial charge in [-0.2, -0.15) is 5.26 Å². The van der Waals surface area contributed by atoms with Crippen molar-refractivity contribution in [1.29, 1.82) is 5.26 Å². The van der Waals surface area contributed by atoms with Gasteiger partial charge < -0.3 is 9.72 Å². The number of pyridine rings is 1. The van der Waals surface area contributed by atoms with Crippen LogP contribution in [-0.4, -0.2) is 12.1 Å². The molecule has 4 nitrogen and oxygen atoms in total. The second-order valence-corrected chi connectivity index (χ2v) is 5.04. The molecule has 0 unspecified atom stereocenters. The molecule has 0 fully saturated rings. The fraction of sp³-hybridized carbons (Fsp3) is 0.111. The second-order valence-electron chi connectivity index (χ2n) is 5.04. The second kappa shape index (κ2) is 5.38. The maximum absolute atomic E-state index is 12.0. The lowest BCUT2D eigenvalue weighted by molar-refractivity contribution is 0.420. The number of benzene rings is 2. The third kappa shape index (κ3) is 2.13. The number of fused-ring (bicyclic) bond motifs is 1. The van der Waals surface area contributed by atoms with E-state index in [1.54, 1.807) is 14.0 Å².